The van der Waals surface area contributed by atoms with Crippen LogP contribution in [-0.2, 0) is 22.4 Å². The lowest BCUT2D eigenvalue weighted by molar-refractivity contribution is -0.140. The molecule has 0 atom stereocenters. The van der Waals surface area contributed by atoms with Crippen molar-refractivity contribution in [2.45, 2.75) is 26.2 Å². The van der Waals surface area contributed by atoms with E-state index < -0.39 is 0 Å². The molecule has 0 unspecified atom stereocenters. The summed E-state index contributed by atoms with van der Waals surface area (Å²) in [6.45, 7) is 1.96. The second-order valence-corrected chi connectivity index (χ2v) is 3.39. The van der Waals surface area contributed by atoms with Crippen molar-refractivity contribution in [3.05, 3.63) is 22.7 Å². The fourth-order valence-corrected chi connectivity index (χ4v) is 1.34. The lowest BCUT2D eigenvalue weighted by Crippen LogP contribution is -2.04. The van der Waals surface area contributed by atoms with Gasteiger partial charge in [0.15, 0.2) is 0 Å². The average Bonchev–Trinajstić information content (AvgIpc) is 2.26. The standard InChI is InChI=1S/C10H13ClN2O2/c1-3-8-12-6-7(10(11)13-8)4-5-9(14)15-2/h6H,3-5H2,1-2H3. The molecule has 0 bridgehead atoms. The van der Waals surface area contributed by atoms with Gasteiger partial charge < -0.3 is 4.74 Å². The number of hydrogen-bond acceptors (Lipinski definition) is 4. The highest BCUT2D eigenvalue weighted by atomic mass is 35.5. The predicted octanol–water partition coefficient (Wildman–Crippen LogP) is 1.80. The van der Waals surface area contributed by atoms with E-state index in [9.17, 15) is 4.79 Å². The number of rotatable bonds is 4. The molecule has 0 aliphatic heterocycles. The van der Waals surface area contributed by atoms with Crippen LogP contribution in [0.25, 0.3) is 0 Å². The van der Waals surface area contributed by atoms with Gasteiger partial charge in [-0.1, -0.05) is 18.5 Å². The number of carbonyl (C=O) groups is 1. The third kappa shape index (κ3) is 3.47. The highest BCUT2D eigenvalue weighted by Gasteiger charge is 2.07. The average molecular weight is 229 g/mol. The molecule has 0 radical (unpaired) electrons. The molecular weight excluding hydrogens is 216 g/mol. The summed E-state index contributed by atoms with van der Waals surface area (Å²) < 4.78 is 4.53. The maximum atomic E-state index is 10.9. The first-order valence-electron chi connectivity index (χ1n) is 4.74. The van der Waals surface area contributed by atoms with Crippen LogP contribution in [0.4, 0.5) is 0 Å². The van der Waals surface area contributed by atoms with E-state index >= 15 is 0 Å². The fraction of sp³-hybridized carbons (Fsp3) is 0.500. The number of nitrogens with zero attached hydrogens (tertiary/aromatic N) is 2. The number of aryl methyl sites for hydroxylation is 2. The van der Waals surface area contributed by atoms with Gasteiger partial charge in [-0.15, -0.1) is 0 Å². The molecule has 0 fully saturated rings. The first kappa shape index (κ1) is 11.9. The van der Waals surface area contributed by atoms with Gasteiger partial charge in [-0.3, -0.25) is 4.79 Å². The Morgan fingerprint density at radius 1 is 1.60 bits per heavy atom. The summed E-state index contributed by atoms with van der Waals surface area (Å²) in [5, 5.41) is 0.422. The molecule has 0 amide bonds. The number of halogens is 1. The molecule has 0 N–H and O–H groups in total. The first-order chi connectivity index (χ1) is 7.17. The van der Waals surface area contributed by atoms with Crippen molar-refractivity contribution >= 4 is 17.6 Å². The van der Waals surface area contributed by atoms with Gasteiger partial charge in [-0.05, 0) is 6.42 Å². The van der Waals surface area contributed by atoms with Gasteiger partial charge in [0.25, 0.3) is 0 Å². The summed E-state index contributed by atoms with van der Waals surface area (Å²) in [6, 6.07) is 0. The molecule has 15 heavy (non-hydrogen) atoms. The first-order valence-corrected chi connectivity index (χ1v) is 5.12. The van der Waals surface area contributed by atoms with E-state index in [0.29, 0.717) is 23.8 Å². The summed E-state index contributed by atoms with van der Waals surface area (Å²) in [5.74, 6) is 0.451. The number of esters is 1. The number of methoxy groups -OCH3 is 1. The van der Waals surface area contributed by atoms with Crippen molar-refractivity contribution in [3.63, 3.8) is 0 Å². The molecule has 0 aliphatic rings. The van der Waals surface area contributed by atoms with Crippen LogP contribution in [0.5, 0.6) is 0 Å². The third-order valence-corrected chi connectivity index (χ3v) is 2.33. The molecule has 0 spiro atoms. The molecule has 1 rings (SSSR count). The van der Waals surface area contributed by atoms with Gasteiger partial charge in [-0.25, -0.2) is 9.97 Å². The second-order valence-electron chi connectivity index (χ2n) is 3.03. The van der Waals surface area contributed by atoms with Gasteiger partial charge in [0.1, 0.15) is 11.0 Å². The minimum absolute atomic E-state index is 0.259. The van der Waals surface area contributed by atoms with Crippen LogP contribution in [0.2, 0.25) is 5.15 Å². The zero-order chi connectivity index (χ0) is 11.3. The van der Waals surface area contributed by atoms with E-state index in [4.69, 9.17) is 11.6 Å². The highest BCUT2D eigenvalue weighted by Crippen LogP contribution is 2.14. The van der Waals surface area contributed by atoms with E-state index in [1.165, 1.54) is 7.11 Å². The minimum atomic E-state index is -0.259. The van der Waals surface area contributed by atoms with Crippen molar-refractivity contribution in [2.24, 2.45) is 0 Å². The van der Waals surface area contributed by atoms with Crippen LogP contribution in [-0.4, -0.2) is 23.0 Å². The molecule has 4 nitrogen and oxygen atoms in total. The fourth-order valence-electron chi connectivity index (χ4n) is 1.10. The van der Waals surface area contributed by atoms with Gasteiger partial charge in [0.05, 0.1) is 7.11 Å². The molecule has 0 saturated heterocycles. The maximum absolute atomic E-state index is 10.9. The molecule has 1 aromatic heterocycles. The van der Waals surface area contributed by atoms with Gasteiger partial charge in [-0.2, -0.15) is 0 Å². The van der Waals surface area contributed by atoms with Crippen LogP contribution in [0.3, 0.4) is 0 Å². The number of hydrogen-bond donors (Lipinski definition) is 0. The van der Waals surface area contributed by atoms with E-state index in [2.05, 4.69) is 14.7 Å². The van der Waals surface area contributed by atoms with Crippen molar-refractivity contribution in [2.75, 3.05) is 7.11 Å². The molecule has 82 valence electrons. The largest absolute Gasteiger partial charge is 0.469 e. The Morgan fingerprint density at radius 2 is 2.33 bits per heavy atom. The van der Waals surface area contributed by atoms with E-state index in [-0.39, 0.29) is 5.97 Å². The molecule has 5 heteroatoms. The smallest absolute Gasteiger partial charge is 0.305 e. The van der Waals surface area contributed by atoms with Gasteiger partial charge in [0, 0.05) is 24.6 Å². The zero-order valence-corrected chi connectivity index (χ0v) is 9.54. The Morgan fingerprint density at radius 3 is 2.87 bits per heavy atom. The lowest BCUT2D eigenvalue weighted by atomic mass is 10.2. The minimum Gasteiger partial charge on any atom is -0.469 e. The maximum Gasteiger partial charge on any atom is 0.305 e. The predicted molar refractivity (Wildman–Crippen MR) is 56.8 cm³/mol. The molecule has 0 saturated carbocycles. The van der Waals surface area contributed by atoms with Gasteiger partial charge >= 0.3 is 5.97 Å². The Hall–Kier alpha value is -1.16. The normalized spacial score (nSPS) is 10.1. The topological polar surface area (TPSA) is 52.1 Å². The van der Waals surface area contributed by atoms with Crippen molar-refractivity contribution in [1.82, 2.24) is 9.97 Å². The van der Waals surface area contributed by atoms with E-state index in [1.54, 1.807) is 6.20 Å². The summed E-state index contributed by atoms with van der Waals surface area (Å²) in [6.07, 6.45) is 3.22. The zero-order valence-electron chi connectivity index (χ0n) is 8.79. The lowest BCUT2D eigenvalue weighted by Gasteiger charge is -2.03. The van der Waals surface area contributed by atoms with Gasteiger partial charge in [0.2, 0.25) is 0 Å². The molecule has 1 heterocycles. The highest BCUT2D eigenvalue weighted by molar-refractivity contribution is 6.30. The monoisotopic (exact) mass is 228 g/mol. The number of aromatic nitrogens is 2. The van der Waals surface area contributed by atoms with Crippen LogP contribution in [0.15, 0.2) is 6.20 Å². The molecule has 0 aromatic carbocycles. The summed E-state index contributed by atoms with van der Waals surface area (Å²) >= 11 is 5.93. The quantitative estimate of drug-likeness (QED) is 0.583. The summed E-state index contributed by atoms with van der Waals surface area (Å²) in [5.41, 5.74) is 0.777. The van der Waals surface area contributed by atoms with Crippen molar-refractivity contribution in [3.8, 4) is 0 Å². The number of carbonyl (C=O) groups excluding carboxylic acids is 1. The van der Waals surface area contributed by atoms with E-state index in [1.807, 2.05) is 6.92 Å². The van der Waals surface area contributed by atoms with Crippen molar-refractivity contribution < 1.29 is 9.53 Å². The van der Waals surface area contributed by atoms with Crippen LogP contribution in [0.1, 0.15) is 24.7 Å². The third-order valence-electron chi connectivity index (χ3n) is 2.00. The Balaban J connectivity index is 2.66. The number of ether oxygens (including phenoxy) is 1. The Bertz CT molecular complexity index is 355. The van der Waals surface area contributed by atoms with Crippen LogP contribution in [0, 0.1) is 0 Å². The molecular formula is C10H13ClN2O2. The summed E-state index contributed by atoms with van der Waals surface area (Å²) in [4.78, 5) is 19.1. The summed E-state index contributed by atoms with van der Waals surface area (Å²) in [7, 11) is 1.36. The molecule has 0 aliphatic carbocycles. The Kier molecular flexibility index (Phi) is 4.49. The van der Waals surface area contributed by atoms with Crippen LogP contribution < -0.4 is 0 Å². The van der Waals surface area contributed by atoms with Crippen molar-refractivity contribution in [1.29, 1.82) is 0 Å². The molecule has 1 aromatic rings. The second kappa shape index (κ2) is 5.66. The van der Waals surface area contributed by atoms with E-state index in [0.717, 1.165) is 12.0 Å². The Labute approximate surface area is 93.6 Å². The van der Waals surface area contributed by atoms with Crippen LogP contribution >= 0.6 is 11.6 Å². The SMILES string of the molecule is CCc1ncc(CCC(=O)OC)c(Cl)n1.